The summed E-state index contributed by atoms with van der Waals surface area (Å²) in [5.41, 5.74) is 3.12. The highest BCUT2D eigenvalue weighted by atomic mass is 35.5. The first-order chi connectivity index (χ1) is 13.9. The molecule has 0 radical (unpaired) electrons. The molecule has 0 heterocycles. The molecule has 0 bridgehead atoms. The van der Waals surface area contributed by atoms with Crippen LogP contribution >= 0.6 is 11.6 Å². The van der Waals surface area contributed by atoms with E-state index in [1.54, 1.807) is 18.2 Å². The molecule has 1 aliphatic rings. The molecule has 2 aromatic carbocycles. The number of rotatable bonds is 8. The fraction of sp³-hybridized carbons (Fsp3) is 0.364. The van der Waals surface area contributed by atoms with Crippen molar-refractivity contribution in [2.75, 3.05) is 18.9 Å². The number of anilines is 1. The second-order valence-electron chi connectivity index (χ2n) is 7.40. The average Bonchev–Trinajstić information content (AvgIpc) is 3.52. The van der Waals surface area contributed by atoms with Gasteiger partial charge in [0.1, 0.15) is 0 Å². The Balaban J connectivity index is 1.55. The van der Waals surface area contributed by atoms with Crippen LogP contribution in [0.15, 0.2) is 42.5 Å². The topological polar surface area (TPSA) is 73.5 Å². The number of urea groups is 1. The maximum Gasteiger partial charge on any atom is 0.319 e. The predicted octanol–water partition coefficient (Wildman–Crippen LogP) is 4.01. The van der Waals surface area contributed by atoms with Gasteiger partial charge in [0.05, 0.1) is 10.6 Å². The smallest absolute Gasteiger partial charge is 0.319 e. The van der Waals surface area contributed by atoms with Crippen molar-refractivity contribution in [2.45, 2.75) is 38.9 Å². The van der Waals surface area contributed by atoms with Crippen LogP contribution in [-0.2, 0) is 13.1 Å². The van der Waals surface area contributed by atoms with Gasteiger partial charge in [-0.2, -0.15) is 0 Å². The van der Waals surface area contributed by atoms with Gasteiger partial charge in [-0.1, -0.05) is 42.8 Å². The standard InChI is InChI=1S/C22H27ClN4O2/c1-3-27(2)14-16-6-4-5-15(11-16)13-24-22(29)26-18-9-10-20(23)19(12-18)21(28)25-17-7-8-17/h4-6,9-12,17H,3,7-8,13-14H2,1-2H3,(H,25,28)(H2,24,26,29). The lowest BCUT2D eigenvalue weighted by Crippen LogP contribution is -2.29. The molecule has 0 aliphatic heterocycles. The molecule has 1 fully saturated rings. The van der Waals surface area contributed by atoms with Gasteiger partial charge in [0, 0.05) is 24.8 Å². The highest BCUT2D eigenvalue weighted by Crippen LogP contribution is 2.24. The summed E-state index contributed by atoms with van der Waals surface area (Å²) in [6.07, 6.45) is 2.00. The molecule has 3 N–H and O–H groups in total. The number of hydrogen-bond acceptors (Lipinski definition) is 3. The van der Waals surface area contributed by atoms with E-state index in [9.17, 15) is 9.59 Å². The van der Waals surface area contributed by atoms with Gasteiger partial charge in [-0.15, -0.1) is 0 Å². The largest absolute Gasteiger partial charge is 0.349 e. The molecule has 29 heavy (non-hydrogen) atoms. The van der Waals surface area contributed by atoms with Crippen LogP contribution in [-0.4, -0.2) is 36.5 Å². The molecule has 3 amide bonds. The molecular weight excluding hydrogens is 388 g/mol. The molecule has 2 aromatic rings. The first-order valence-electron chi connectivity index (χ1n) is 9.86. The minimum atomic E-state index is -0.336. The third-order valence-corrected chi connectivity index (χ3v) is 5.15. The van der Waals surface area contributed by atoms with E-state index in [-0.39, 0.29) is 18.0 Å². The second-order valence-corrected chi connectivity index (χ2v) is 7.81. The van der Waals surface area contributed by atoms with E-state index < -0.39 is 0 Å². The molecule has 0 aromatic heterocycles. The molecular formula is C22H27ClN4O2. The fourth-order valence-electron chi connectivity index (χ4n) is 2.89. The quantitative estimate of drug-likeness (QED) is 0.611. The highest BCUT2D eigenvalue weighted by Gasteiger charge is 2.24. The molecule has 0 spiro atoms. The normalized spacial score (nSPS) is 13.2. The van der Waals surface area contributed by atoms with Gasteiger partial charge in [-0.3, -0.25) is 4.79 Å². The van der Waals surface area contributed by atoms with Crippen molar-refractivity contribution >= 4 is 29.2 Å². The van der Waals surface area contributed by atoms with Gasteiger partial charge in [-0.25, -0.2) is 4.79 Å². The lowest BCUT2D eigenvalue weighted by molar-refractivity contribution is 0.0951. The third kappa shape index (κ3) is 6.48. The predicted molar refractivity (Wildman–Crippen MR) is 116 cm³/mol. The molecule has 0 unspecified atom stereocenters. The zero-order chi connectivity index (χ0) is 20.8. The van der Waals surface area contributed by atoms with Crippen molar-refractivity contribution in [3.8, 4) is 0 Å². The van der Waals surface area contributed by atoms with Crippen LogP contribution in [0.3, 0.4) is 0 Å². The fourth-order valence-corrected chi connectivity index (χ4v) is 3.09. The minimum absolute atomic E-state index is 0.213. The zero-order valence-electron chi connectivity index (χ0n) is 16.8. The number of carbonyl (C=O) groups is 2. The SMILES string of the molecule is CCN(C)Cc1cccc(CNC(=O)Nc2ccc(Cl)c(C(=O)NC3CC3)c2)c1. The van der Waals surface area contributed by atoms with Gasteiger partial charge >= 0.3 is 6.03 Å². The Morgan fingerprint density at radius 3 is 2.62 bits per heavy atom. The average molecular weight is 415 g/mol. The van der Waals surface area contributed by atoms with Gasteiger partial charge in [-0.05, 0) is 55.8 Å². The highest BCUT2D eigenvalue weighted by molar-refractivity contribution is 6.34. The summed E-state index contributed by atoms with van der Waals surface area (Å²) in [5.74, 6) is -0.213. The summed E-state index contributed by atoms with van der Waals surface area (Å²) >= 11 is 6.14. The molecule has 1 aliphatic carbocycles. The second kappa shape index (κ2) is 9.76. The van der Waals surface area contributed by atoms with Crippen LogP contribution in [0.1, 0.15) is 41.3 Å². The van der Waals surface area contributed by atoms with Crippen molar-refractivity contribution in [3.63, 3.8) is 0 Å². The molecule has 6 nitrogen and oxygen atoms in total. The number of nitrogens with one attached hydrogen (secondary N) is 3. The van der Waals surface area contributed by atoms with Gasteiger partial charge < -0.3 is 20.9 Å². The van der Waals surface area contributed by atoms with Crippen molar-refractivity contribution in [1.29, 1.82) is 0 Å². The van der Waals surface area contributed by atoms with E-state index in [2.05, 4.69) is 47.0 Å². The van der Waals surface area contributed by atoms with Crippen LogP contribution in [0.25, 0.3) is 0 Å². The summed E-state index contributed by atoms with van der Waals surface area (Å²) in [5, 5.41) is 8.88. The van der Waals surface area contributed by atoms with Crippen LogP contribution in [0.2, 0.25) is 5.02 Å². The summed E-state index contributed by atoms with van der Waals surface area (Å²) in [6.45, 7) is 4.38. The third-order valence-electron chi connectivity index (χ3n) is 4.82. The van der Waals surface area contributed by atoms with Gasteiger partial charge in [0.2, 0.25) is 0 Å². The first-order valence-corrected chi connectivity index (χ1v) is 10.2. The lowest BCUT2D eigenvalue weighted by atomic mass is 10.1. The molecule has 3 rings (SSSR count). The van der Waals surface area contributed by atoms with Gasteiger partial charge in [0.15, 0.2) is 0 Å². The maximum atomic E-state index is 12.3. The zero-order valence-corrected chi connectivity index (χ0v) is 17.6. The number of nitrogens with zero attached hydrogens (tertiary/aromatic N) is 1. The Labute approximate surface area is 176 Å². The number of carbonyl (C=O) groups excluding carboxylic acids is 2. The Kier molecular flexibility index (Phi) is 7.12. The van der Waals surface area contributed by atoms with Crippen molar-refractivity contribution in [3.05, 3.63) is 64.2 Å². The summed E-state index contributed by atoms with van der Waals surface area (Å²) < 4.78 is 0. The van der Waals surface area contributed by atoms with Crippen LogP contribution < -0.4 is 16.0 Å². The Morgan fingerprint density at radius 2 is 1.90 bits per heavy atom. The number of hydrogen-bond donors (Lipinski definition) is 3. The maximum absolute atomic E-state index is 12.3. The van der Waals surface area contributed by atoms with Gasteiger partial charge in [0.25, 0.3) is 5.91 Å². The van der Waals surface area contributed by atoms with Crippen LogP contribution in [0.5, 0.6) is 0 Å². The molecule has 1 saturated carbocycles. The number of amides is 3. The molecule has 154 valence electrons. The van der Waals surface area contributed by atoms with Crippen molar-refractivity contribution in [2.24, 2.45) is 0 Å². The summed E-state index contributed by atoms with van der Waals surface area (Å²) in [7, 11) is 2.07. The monoisotopic (exact) mass is 414 g/mol. The summed E-state index contributed by atoms with van der Waals surface area (Å²) in [6, 6.07) is 13.0. The Morgan fingerprint density at radius 1 is 1.14 bits per heavy atom. The van der Waals surface area contributed by atoms with E-state index in [4.69, 9.17) is 11.6 Å². The van der Waals surface area contributed by atoms with E-state index in [0.717, 1.165) is 31.5 Å². The van der Waals surface area contributed by atoms with E-state index in [1.165, 1.54) is 5.56 Å². The summed E-state index contributed by atoms with van der Waals surface area (Å²) in [4.78, 5) is 26.8. The van der Waals surface area contributed by atoms with Crippen molar-refractivity contribution < 1.29 is 9.59 Å². The lowest BCUT2D eigenvalue weighted by Gasteiger charge is -2.15. The molecule has 0 saturated heterocycles. The van der Waals surface area contributed by atoms with E-state index >= 15 is 0 Å². The van der Waals surface area contributed by atoms with Crippen LogP contribution in [0, 0.1) is 0 Å². The molecule has 0 atom stereocenters. The van der Waals surface area contributed by atoms with E-state index in [0.29, 0.717) is 22.8 Å². The first kappa shape index (κ1) is 21.1. The minimum Gasteiger partial charge on any atom is -0.349 e. The Bertz CT molecular complexity index is 883. The van der Waals surface area contributed by atoms with Crippen LogP contribution in [0.4, 0.5) is 10.5 Å². The number of halogens is 1. The number of benzene rings is 2. The van der Waals surface area contributed by atoms with Crippen molar-refractivity contribution in [1.82, 2.24) is 15.5 Å². The molecule has 7 heteroatoms. The Hall–Kier alpha value is -2.57. The van der Waals surface area contributed by atoms with E-state index in [1.807, 2.05) is 12.1 Å².